The maximum absolute atomic E-state index is 13.3. The highest BCUT2D eigenvalue weighted by Gasteiger charge is 2.41. The van der Waals surface area contributed by atoms with E-state index < -0.39 is 44.0 Å². The highest BCUT2D eigenvalue weighted by atomic mass is 32.2. The second-order valence-electron chi connectivity index (χ2n) is 8.01. The van der Waals surface area contributed by atoms with Crippen molar-refractivity contribution in [1.82, 2.24) is 15.1 Å². The van der Waals surface area contributed by atoms with Gasteiger partial charge >= 0.3 is 12.4 Å². The van der Waals surface area contributed by atoms with Crippen LogP contribution in [0.2, 0.25) is 0 Å². The van der Waals surface area contributed by atoms with Crippen molar-refractivity contribution in [3.63, 3.8) is 0 Å². The molecule has 0 aliphatic carbocycles. The average molecular weight is 549 g/mol. The summed E-state index contributed by atoms with van der Waals surface area (Å²) in [6.07, 6.45) is -9.01. The molecule has 34 heavy (non-hydrogen) atoms. The Morgan fingerprint density at radius 3 is 2.21 bits per heavy atom. The molecule has 0 aromatic carbocycles. The molecule has 0 saturated carbocycles. The summed E-state index contributed by atoms with van der Waals surface area (Å²) in [5.74, 6) is -1.24. The summed E-state index contributed by atoms with van der Waals surface area (Å²) >= 11 is 0.789. The van der Waals surface area contributed by atoms with Crippen molar-refractivity contribution in [3.8, 4) is 0 Å². The third kappa shape index (κ3) is 5.32. The molecule has 16 heteroatoms. The van der Waals surface area contributed by atoms with Crippen molar-refractivity contribution in [1.29, 1.82) is 0 Å². The number of alkyl halides is 6. The predicted octanol–water partition coefficient (Wildman–Crippen LogP) is 3.85. The Hall–Kier alpha value is -1.94. The first-order chi connectivity index (χ1) is 15.7. The fourth-order valence-electron chi connectivity index (χ4n) is 3.98. The van der Waals surface area contributed by atoms with E-state index in [1.165, 1.54) is 15.9 Å². The number of rotatable bonds is 3. The number of sulfone groups is 1. The number of anilines is 1. The number of hydrogen-bond donors (Lipinski definition) is 0. The molecule has 7 nitrogen and oxygen atoms in total. The Balaban J connectivity index is 1.60. The lowest BCUT2D eigenvalue weighted by atomic mass is 9.98. The Bertz CT molecular complexity index is 1150. The van der Waals surface area contributed by atoms with Crippen molar-refractivity contribution in [2.45, 2.75) is 31.2 Å². The molecule has 0 N–H and O–H groups in total. The lowest BCUT2D eigenvalue weighted by Crippen LogP contribution is -2.52. The Morgan fingerprint density at radius 1 is 0.971 bits per heavy atom. The highest BCUT2D eigenvalue weighted by molar-refractivity contribution is 7.91. The van der Waals surface area contributed by atoms with Gasteiger partial charge in [0.05, 0.1) is 17.5 Å². The maximum atomic E-state index is 13.3. The van der Waals surface area contributed by atoms with Gasteiger partial charge in [0.2, 0.25) is 16.0 Å². The Kier molecular flexibility index (Phi) is 6.61. The molecule has 0 radical (unpaired) electrons. The van der Waals surface area contributed by atoms with Gasteiger partial charge in [-0.3, -0.25) is 4.79 Å². The molecule has 1 unspecified atom stereocenters. The number of hydrogen-bond acceptors (Lipinski definition) is 8. The second kappa shape index (κ2) is 8.93. The standard InChI is InChI=1S/C18H18F6N4O3S3/c19-17(20,21)13-2-1-12(32-13)11-9-27(16-26-25-15(33-16)18(22,23)24)5-6-28(11)14(29)10-3-7-34(30,31)8-4-10/h1-2,10-11H,3-9H2. The maximum Gasteiger partial charge on any atom is 0.445 e. The summed E-state index contributed by atoms with van der Waals surface area (Å²) in [7, 11) is -3.22. The van der Waals surface area contributed by atoms with Crippen LogP contribution in [0.5, 0.6) is 0 Å². The average Bonchev–Trinajstić information content (AvgIpc) is 3.42. The molecule has 0 spiro atoms. The van der Waals surface area contributed by atoms with E-state index in [1.807, 2.05) is 0 Å². The molecule has 2 aliphatic rings. The second-order valence-corrected chi connectivity index (χ2v) is 12.4. The zero-order valence-electron chi connectivity index (χ0n) is 17.3. The van der Waals surface area contributed by atoms with E-state index in [9.17, 15) is 39.6 Å². The molecule has 2 aromatic heterocycles. The van der Waals surface area contributed by atoms with E-state index in [4.69, 9.17) is 0 Å². The smallest absolute Gasteiger partial charge is 0.342 e. The van der Waals surface area contributed by atoms with Crippen LogP contribution in [0.25, 0.3) is 0 Å². The number of nitrogens with zero attached hydrogens (tertiary/aromatic N) is 4. The Morgan fingerprint density at radius 2 is 1.65 bits per heavy atom. The van der Waals surface area contributed by atoms with Crippen LogP contribution in [0.3, 0.4) is 0 Å². The van der Waals surface area contributed by atoms with Gasteiger partial charge in [-0.1, -0.05) is 11.3 Å². The first kappa shape index (κ1) is 25.2. The quantitative estimate of drug-likeness (QED) is 0.542. The summed E-state index contributed by atoms with van der Waals surface area (Å²) in [5.41, 5.74) is 0. The summed E-state index contributed by atoms with van der Waals surface area (Å²) < 4.78 is 102. The first-order valence-corrected chi connectivity index (χ1v) is 13.5. The van der Waals surface area contributed by atoms with Crippen LogP contribution >= 0.6 is 22.7 Å². The van der Waals surface area contributed by atoms with Crippen molar-refractivity contribution < 1.29 is 39.6 Å². The molecular formula is C18H18F6N4O3S3. The van der Waals surface area contributed by atoms with Crippen LogP contribution in [0, 0.1) is 5.92 Å². The van der Waals surface area contributed by atoms with Gasteiger partial charge in [-0.05, 0) is 25.0 Å². The minimum atomic E-state index is -4.68. The van der Waals surface area contributed by atoms with Gasteiger partial charge < -0.3 is 9.80 Å². The zero-order chi connectivity index (χ0) is 24.9. The molecule has 1 amide bonds. The van der Waals surface area contributed by atoms with E-state index in [2.05, 4.69) is 10.2 Å². The van der Waals surface area contributed by atoms with Crippen LogP contribution in [-0.4, -0.2) is 60.6 Å². The van der Waals surface area contributed by atoms with Crippen LogP contribution in [0.1, 0.15) is 33.6 Å². The molecule has 0 bridgehead atoms. The minimum Gasteiger partial charge on any atom is -0.342 e. The molecule has 188 valence electrons. The zero-order valence-corrected chi connectivity index (χ0v) is 19.7. The molecule has 2 fully saturated rings. The summed E-state index contributed by atoms with van der Waals surface area (Å²) in [5, 5.41) is 5.56. The lowest BCUT2D eigenvalue weighted by molar-refractivity contribution is -0.139. The summed E-state index contributed by atoms with van der Waals surface area (Å²) in [6, 6.07) is 1.30. The molecule has 2 saturated heterocycles. The number of amides is 1. The van der Waals surface area contributed by atoms with Gasteiger partial charge in [-0.25, -0.2) is 8.42 Å². The van der Waals surface area contributed by atoms with E-state index >= 15 is 0 Å². The van der Waals surface area contributed by atoms with Crippen molar-refractivity contribution in [2.75, 3.05) is 36.0 Å². The first-order valence-electron chi connectivity index (χ1n) is 10.1. The van der Waals surface area contributed by atoms with Crippen molar-refractivity contribution >= 4 is 43.5 Å². The van der Waals surface area contributed by atoms with Gasteiger partial charge in [0.15, 0.2) is 0 Å². The molecule has 4 heterocycles. The number of aromatic nitrogens is 2. The fourth-order valence-corrected chi connectivity index (χ4v) is 7.20. The summed E-state index contributed by atoms with van der Waals surface area (Å²) in [6.45, 7) is 0.0746. The molecule has 1 atom stereocenters. The van der Waals surface area contributed by atoms with Crippen LogP contribution in [0.15, 0.2) is 12.1 Å². The topological polar surface area (TPSA) is 83.5 Å². The number of halogens is 6. The van der Waals surface area contributed by atoms with Gasteiger partial charge in [-0.2, -0.15) is 26.3 Å². The van der Waals surface area contributed by atoms with Crippen LogP contribution in [-0.2, 0) is 27.0 Å². The molecule has 4 rings (SSSR count). The minimum absolute atomic E-state index is 0.0347. The van der Waals surface area contributed by atoms with E-state index in [-0.39, 0.29) is 59.9 Å². The fraction of sp³-hybridized carbons (Fsp3) is 0.611. The summed E-state index contributed by atoms with van der Waals surface area (Å²) in [4.78, 5) is 15.5. The lowest BCUT2D eigenvalue weighted by Gasteiger charge is -2.42. The van der Waals surface area contributed by atoms with Gasteiger partial charge in [0.1, 0.15) is 14.7 Å². The van der Waals surface area contributed by atoms with E-state index in [0.29, 0.717) is 22.7 Å². The number of carbonyl (C=O) groups excluding carboxylic acids is 1. The SMILES string of the molecule is O=C(C1CCS(=O)(=O)CC1)N1CCN(c2nnc(C(F)(F)F)s2)CC1c1ccc(C(F)(F)F)s1. The largest absolute Gasteiger partial charge is 0.445 e. The Labute approximate surface area is 198 Å². The monoisotopic (exact) mass is 548 g/mol. The number of thiophene rings is 1. The van der Waals surface area contributed by atoms with Crippen molar-refractivity contribution in [2.24, 2.45) is 5.92 Å². The van der Waals surface area contributed by atoms with E-state index in [0.717, 1.165) is 6.07 Å². The normalized spacial score (nSPS) is 22.2. The van der Waals surface area contributed by atoms with Crippen molar-refractivity contribution in [3.05, 3.63) is 26.9 Å². The molecule has 2 aromatic rings. The number of carbonyl (C=O) groups is 1. The molecule has 2 aliphatic heterocycles. The van der Waals surface area contributed by atoms with Gasteiger partial charge in [0, 0.05) is 30.4 Å². The third-order valence-corrected chi connectivity index (χ3v) is 9.70. The van der Waals surface area contributed by atoms with Gasteiger partial charge in [-0.15, -0.1) is 21.5 Å². The number of piperazine rings is 1. The van der Waals surface area contributed by atoms with Crippen LogP contribution in [0.4, 0.5) is 31.5 Å². The van der Waals surface area contributed by atoms with Gasteiger partial charge in [0.25, 0.3) is 0 Å². The third-order valence-electron chi connectivity index (χ3n) is 5.73. The molecular weight excluding hydrogens is 530 g/mol. The van der Waals surface area contributed by atoms with Crippen LogP contribution < -0.4 is 4.90 Å². The predicted molar refractivity (Wildman–Crippen MR) is 112 cm³/mol. The highest BCUT2D eigenvalue weighted by Crippen LogP contribution is 2.41. The van der Waals surface area contributed by atoms with E-state index in [1.54, 1.807) is 0 Å².